The molecular formula is C13H10F2N4O2. The molecule has 2 aromatic rings. The van der Waals surface area contributed by atoms with E-state index in [1.54, 1.807) is 7.05 Å². The Kier molecular flexibility index (Phi) is 4.13. The SMILES string of the molecule is Cn1cc(C#N)c(NC(=O)c2cccc(OC(F)F)c2)n1. The van der Waals surface area contributed by atoms with Gasteiger partial charge in [-0.05, 0) is 18.2 Å². The molecule has 0 unspecified atom stereocenters. The van der Waals surface area contributed by atoms with Gasteiger partial charge >= 0.3 is 6.61 Å². The number of nitriles is 1. The van der Waals surface area contributed by atoms with Crippen LogP contribution in [-0.2, 0) is 7.05 Å². The van der Waals surface area contributed by atoms with E-state index in [0.717, 1.165) is 0 Å². The summed E-state index contributed by atoms with van der Waals surface area (Å²) in [7, 11) is 1.60. The monoisotopic (exact) mass is 292 g/mol. The topological polar surface area (TPSA) is 79.9 Å². The molecule has 0 atom stereocenters. The van der Waals surface area contributed by atoms with E-state index in [-0.39, 0.29) is 22.7 Å². The molecule has 6 nitrogen and oxygen atoms in total. The number of anilines is 1. The van der Waals surface area contributed by atoms with E-state index in [0.29, 0.717) is 0 Å². The fourth-order valence-corrected chi connectivity index (χ4v) is 1.66. The minimum absolute atomic E-state index is 0.102. The Morgan fingerprint density at radius 1 is 1.52 bits per heavy atom. The molecule has 2 rings (SSSR count). The lowest BCUT2D eigenvalue weighted by molar-refractivity contribution is -0.0498. The highest BCUT2D eigenvalue weighted by molar-refractivity contribution is 6.04. The largest absolute Gasteiger partial charge is 0.435 e. The quantitative estimate of drug-likeness (QED) is 0.936. The molecule has 0 fully saturated rings. The van der Waals surface area contributed by atoms with Gasteiger partial charge in [0, 0.05) is 18.8 Å². The Balaban J connectivity index is 2.18. The van der Waals surface area contributed by atoms with Crippen LogP contribution in [0, 0.1) is 11.3 Å². The van der Waals surface area contributed by atoms with Crippen molar-refractivity contribution in [2.75, 3.05) is 5.32 Å². The normalized spacial score (nSPS) is 10.2. The molecule has 1 aromatic carbocycles. The van der Waals surface area contributed by atoms with Crippen molar-refractivity contribution in [1.82, 2.24) is 9.78 Å². The first-order chi connectivity index (χ1) is 9.99. The molecule has 8 heteroatoms. The van der Waals surface area contributed by atoms with Gasteiger partial charge in [0.15, 0.2) is 5.82 Å². The molecule has 1 N–H and O–H groups in total. The Morgan fingerprint density at radius 3 is 2.95 bits per heavy atom. The third-order valence-electron chi connectivity index (χ3n) is 2.50. The van der Waals surface area contributed by atoms with Crippen LogP contribution in [0.5, 0.6) is 5.75 Å². The predicted molar refractivity (Wildman–Crippen MR) is 69.0 cm³/mol. The van der Waals surface area contributed by atoms with Crippen LogP contribution in [0.25, 0.3) is 0 Å². The summed E-state index contributed by atoms with van der Waals surface area (Å²) in [6, 6.07) is 7.22. The van der Waals surface area contributed by atoms with Crippen molar-refractivity contribution < 1.29 is 18.3 Å². The molecular weight excluding hydrogens is 282 g/mol. The van der Waals surface area contributed by atoms with Gasteiger partial charge in [0.2, 0.25) is 0 Å². The van der Waals surface area contributed by atoms with Crippen molar-refractivity contribution in [3.63, 3.8) is 0 Å². The minimum Gasteiger partial charge on any atom is -0.435 e. The van der Waals surface area contributed by atoms with Gasteiger partial charge in [-0.2, -0.15) is 19.1 Å². The lowest BCUT2D eigenvalue weighted by Crippen LogP contribution is -2.13. The van der Waals surface area contributed by atoms with Crippen LogP contribution in [-0.4, -0.2) is 22.3 Å². The molecule has 0 aliphatic carbocycles. The molecule has 0 spiro atoms. The van der Waals surface area contributed by atoms with Crippen LogP contribution in [0.15, 0.2) is 30.5 Å². The molecule has 1 amide bonds. The first-order valence-corrected chi connectivity index (χ1v) is 5.79. The maximum atomic E-state index is 12.1. The number of benzene rings is 1. The first-order valence-electron chi connectivity index (χ1n) is 5.79. The van der Waals surface area contributed by atoms with E-state index < -0.39 is 12.5 Å². The van der Waals surface area contributed by atoms with Gasteiger partial charge < -0.3 is 10.1 Å². The minimum atomic E-state index is -2.97. The second-order valence-electron chi connectivity index (χ2n) is 4.04. The number of hydrogen-bond acceptors (Lipinski definition) is 4. The van der Waals surface area contributed by atoms with Crippen molar-refractivity contribution >= 4 is 11.7 Å². The average Bonchev–Trinajstić information content (AvgIpc) is 2.78. The van der Waals surface area contributed by atoms with Gasteiger partial charge in [0.05, 0.1) is 0 Å². The van der Waals surface area contributed by atoms with Crippen molar-refractivity contribution in [1.29, 1.82) is 5.26 Å². The second-order valence-corrected chi connectivity index (χ2v) is 4.04. The van der Waals surface area contributed by atoms with E-state index >= 15 is 0 Å². The van der Waals surface area contributed by atoms with Gasteiger partial charge in [0.25, 0.3) is 5.91 Å². The Labute approximate surface area is 118 Å². The smallest absolute Gasteiger partial charge is 0.387 e. The van der Waals surface area contributed by atoms with E-state index in [9.17, 15) is 13.6 Å². The van der Waals surface area contributed by atoms with Crippen LogP contribution >= 0.6 is 0 Å². The van der Waals surface area contributed by atoms with E-state index in [1.807, 2.05) is 6.07 Å². The zero-order valence-electron chi connectivity index (χ0n) is 10.9. The van der Waals surface area contributed by atoms with Crippen LogP contribution in [0.1, 0.15) is 15.9 Å². The number of aromatic nitrogens is 2. The summed E-state index contributed by atoms with van der Waals surface area (Å²) in [5.41, 5.74) is 0.313. The first kappa shape index (κ1) is 14.5. The number of carbonyl (C=O) groups is 1. The molecule has 108 valence electrons. The van der Waals surface area contributed by atoms with Crippen molar-refractivity contribution in [3.8, 4) is 11.8 Å². The highest BCUT2D eigenvalue weighted by atomic mass is 19.3. The number of aryl methyl sites for hydroxylation is 1. The second kappa shape index (κ2) is 6.00. The van der Waals surface area contributed by atoms with Gasteiger partial charge in [-0.1, -0.05) is 6.07 Å². The fraction of sp³-hybridized carbons (Fsp3) is 0.154. The number of rotatable bonds is 4. The molecule has 0 bridgehead atoms. The number of alkyl halides is 2. The third-order valence-corrected chi connectivity index (χ3v) is 2.50. The van der Waals surface area contributed by atoms with Gasteiger partial charge in [-0.15, -0.1) is 0 Å². The summed E-state index contributed by atoms with van der Waals surface area (Å²) in [6.45, 7) is -2.97. The standard InChI is InChI=1S/C13H10F2N4O2/c1-19-7-9(6-16)11(18-19)17-12(20)8-3-2-4-10(5-8)21-13(14)15/h2-5,7,13H,1H3,(H,17,18,20). The average molecular weight is 292 g/mol. The maximum Gasteiger partial charge on any atom is 0.387 e. The lowest BCUT2D eigenvalue weighted by Gasteiger charge is -2.06. The molecule has 0 aliphatic heterocycles. The lowest BCUT2D eigenvalue weighted by atomic mass is 10.2. The molecule has 0 saturated carbocycles. The van der Waals surface area contributed by atoms with Gasteiger partial charge in [-0.3, -0.25) is 9.48 Å². The third kappa shape index (κ3) is 3.54. The zero-order valence-corrected chi connectivity index (χ0v) is 10.9. The molecule has 1 heterocycles. The summed E-state index contributed by atoms with van der Waals surface area (Å²) in [4.78, 5) is 12.0. The number of nitrogens with one attached hydrogen (secondary N) is 1. The van der Waals surface area contributed by atoms with Gasteiger partial charge in [-0.25, -0.2) is 0 Å². The number of amides is 1. The summed E-state index contributed by atoms with van der Waals surface area (Å²) in [6.07, 6.45) is 1.45. The molecule has 0 aliphatic rings. The zero-order chi connectivity index (χ0) is 15.4. The van der Waals surface area contributed by atoms with Crippen molar-refractivity contribution in [3.05, 3.63) is 41.6 Å². The molecule has 0 radical (unpaired) electrons. The Hall–Kier alpha value is -2.95. The Morgan fingerprint density at radius 2 is 2.29 bits per heavy atom. The number of carbonyl (C=O) groups excluding carboxylic acids is 1. The molecule has 21 heavy (non-hydrogen) atoms. The van der Waals surface area contributed by atoms with Crippen LogP contribution in [0.3, 0.4) is 0 Å². The fourth-order valence-electron chi connectivity index (χ4n) is 1.66. The van der Waals surface area contributed by atoms with Crippen LogP contribution in [0.4, 0.5) is 14.6 Å². The maximum absolute atomic E-state index is 12.1. The van der Waals surface area contributed by atoms with Crippen LogP contribution < -0.4 is 10.1 Å². The number of halogens is 2. The summed E-state index contributed by atoms with van der Waals surface area (Å²) in [5.74, 6) is -0.603. The molecule has 1 aromatic heterocycles. The predicted octanol–water partition coefficient (Wildman–Crippen LogP) is 2.15. The summed E-state index contributed by atoms with van der Waals surface area (Å²) in [5, 5.41) is 15.3. The van der Waals surface area contributed by atoms with E-state index in [1.165, 1.54) is 35.1 Å². The van der Waals surface area contributed by atoms with E-state index in [2.05, 4.69) is 15.2 Å². The Bertz CT molecular complexity index is 706. The highest BCUT2D eigenvalue weighted by Crippen LogP contribution is 2.18. The van der Waals surface area contributed by atoms with Crippen molar-refractivity contribution in [2.45, 2.75) is 6.61 Å². The van der Waals surface area contributed by atoms with Crippen molar-refractivity contribution in [2.24, 2.45) is 7.05 Å². The highest BCUT2D eigenvalue weighted by Gasteiger charge is 2.14. The number of hydrogen-bond donors (Lipinski definition) is 1. The molecule has 0 saturated heterocycles. The van der Waals surface area contributed by atoms with E-state index in [4.69, 9.17) is 5.26 Å². The number of nitrogens with zero attached hydrogens (tertiary/aromatic N) is 3. The van der Waals surface area contributed by atoms with Gasteiger partial charge in [0.1, 0.15) is 17.4 Å². The van der Waals surface area contributed by atoms with Crippen LogP contribution in [0.2, 0.25) is 0 Å². The number of ether oxygens (including phenoxy) is 1. The summed E-state index contributed by atoms with van der Waals surface area (Å²) < 4.78 is 29.9. The summed E-state index contributed by atoms with van der Waals surface area (Å²) >= 11 is 0.